The van der Waals surface area contributed by atoms with Gasteiger partial charge in [-0.25, -0.2) is 0 Å². The van der Waals surface area contributed by atoms with Gasteiger partial charge in [0.1, 0.15) is 5.69 Å². The van der Waals surface area contributed by atoms with Gasteiger partial charge >= 0.3 is 0 Å². The van der Waals surface area contributed by atoms with Gasteiger partial charge in [0.25, 0.3) is 0 Å². The van der Waals surface area contributed by atoms with Crippen LogP contribution < -0.4 is 9.47 Å². The Balaban J connectivity index is 2.82. The fraction of sp³-hybridized carbons (Fsp3) is 0.615. The molecule has 0 aliphatic rings. The van der Waals surface area contributed by atoms with Crippen molar-refractivity contribution in [2.24, 2.45) is 0 Å². The fourth-order valence-electron chi connectivity index (χ4n) is 1.78. The van der Waals surface area contributed by atoms with E-state index in [4.69, 9.17) is 14.2 Å². The quantitative estimate of drug-likeness (QED) is 0.646. The first-order valence-electron chi connectivity index (χ1n) is 6.09. The van der Waals surface area contributed by atoms with E-state index < -0.39 is 0 Å². The molecule has 0 aliphatic heterocycles. The van der Waals surface area contributed by atoms with Crippen molar-refractivity contribution in [1.82, 2.24) is 9.88 Å². The summed E-state index contributed by atoms with van der Waals surface area (Å²) in [4.78, 5) is 6.64. The summed E-state index contributed by atoms with van der Waals surface area (Å²) in [7, 11) is 4.96. The van der Waals surface area contributed by atoms with Gasteiger partial charge in [0, 0.05) is 44.3 Å². The second-order valence-electron chi connectivity index (χ2n) is 3.95. The number of pyridine rings is 1. The Morgan fingerprint density at radius 1 is 1.21 bits per heavy atom. The van der Waals surface area contributed by atoms with Crippen LogP contribution in [0.1, 0.15) is 5.69 Å². The fourth-order valence-corrected chi connectivity index (χ4v) is 2.29. The van der Waals surface area contributed by atoms with Crippen molar-refractivity contribution in [2.45, 2.75) is 6.54 Å². The lowest BCUT2D eigenvalue weighted by molar-refractivity contribution is 0.146. The minimum atomic E-state index is 0.694. The molecule has 0 N–H and O–H groups in total. The lowest BCUT2D eigenvalue weighted by Gasteiger charge is -2.22. The van der Waals surface area contributed by atoms with Crippen molar-refractivity contribution in [3.8, 4) is 11.5 Å². The normalized spacial score (nSPS) is 10.8. The van der Waals surface area contributed by atoms with E-state index in [1.807, 2.05) is 0 Å². The number of aromatic nitrogens is 1. The Bertz CT molecular complexity index is 377. The van der Waals surface area contributed by atoms with Crippen LogP contribution in [0.15, 0.2) is 12.3 Å². The van der Waals surface area contributed by atoms with Crippen LogP contribution in [0.5, 0.6) is 11.5 Å². The van der Waals surface area contributed by atoms with Gasteiger partial charge < -0.3 is 14.2 Å². The van der Waals surface area contributed by atoms with Crippen LogP contribution in [0.3, 0.4) is 0 Å². The molecule has 0 fully saturated rings. The molecule has 0 saturated carbocycles. The van der Waals surface area contributed by atoms with Crippen molar-refractivity contribution < 1.29 is 14.2 Å². The third-order valence-electron chi connectivity index (χ3n) is 2.75. The summed E-state index contributed by atoms with van der Waals surface area (Å²) < 4.78 is 15.8. The van der Waals surface area contributed by atoms with Crippen molar-refractivity contribution in [3.63, 3.8) is 0 Å². The molecule has 1 rings (SSSR count). The first-order valence-corrected chi connectivity index (χ1v) is 7.22. The number of nitrogens with zero attached hydrogens (tertiary/aromatic N) is 2. The van der Waals surface area contributed by atoms with Crippen LogP contribution in [-0.2, 0) is 11.3 Å². The Morgan fingerprint density at radius 3 is 2.58 bits per heavy atom. The minimum Gasteiger partial charge on any atom is -0.493 e. The number of hydrogen-bond donors (Lipinski definition) is 0. The molecule has 1 aromatic heterocycles. The van der Waals surface area contributed by atoms with Crippen LogP contribution >= 0.6 is 15.9 Å². The molecule has 0 saturated heterocycles. The topological polar surface area (TPSA) is 43.8 Å². The maximum atomic E-state index is 5.39. The maximum Gasteiger partial charge on any atom is 0.183 e. The lowest BCUT2D eigenvalue weighted by atomic mass is 10.2. The third-order valence-corrected chi connectivity index (χ3v) is 3.11. The van der Waals surface area contributed by atoms with Gasteiger partial charge in [-0.2, -0.15) is 0 Å². The highest BCUT2D eigenvalue weighted by Gasteiger charge is 2.14. The Labute approximate surface area is 123 Å². The van der Waals surface area contributed by atoms with Gasteiger partial charge in [0.05, 0.1) is 20.8 Å². The highest BCUT2D eigenvalue weighted by molar-refractivity contribution is 9.09. The predicted octanol–water partition coefficient (Wildman–Crippen LogP) is 1.94. The van der Waals surface area contributed by atoms with Crippen LogP contribution in [0.2, 0.25) is 0 Å². The van der Waals surface area contributed by atoms with E-state index in [2.05, 4.69) is 25.8 Å². The largest absolute Gasteiger partial charge is 0.493 e. The first kappa shape index (κ1) is 16.2. The lowest BCUT2D eigenvalue weighted by Crippen LogP contribution is -2.29. The van der Waals surface area contributed by atoms with E-state index in [0.717, 1.165) is 24.1 Å². The molecule has 0 aliphatic carbocycles. The minimum absolute atomic E-state index is 0.694. The van der Waals surface area contributed by atoms with Crippen LogP contribution in [0.4, 0.5) is 0 Å². The van der Waals surface area contributed by atoms with Crippen molar-refractivity contribution >= 4 is 15.9 Å². The average Bonchev–Trinajstić information content (AvgIpc) is 2.44. The highest BCUT2D eigenvalue weighted by Crippen LogP contribution is 2.29. The summed E-state index contributed by atoms with van der Waals surface area (Å²) in [6.07, 6.45) is 1.74. The molecular formula is C13H21BrN2O3. The summed E-state index contributed by atoms with van der Waals surface area (Å²) in [5.74, 6) is 1.40. The number of alkyl halides is 1. The molecule has 0 spiro atoms. The second kappa shape index (κ2) is 9.12. The van der Waals surface area contributed by atoms with E-state index in [1.54, 1.807) is 33.6 Å². The first-order chi connectivity index (χ1) is 9.26. The Morgan fingerprint density at radius 2 is 2.00 bits per heavy atom. The van der Waals surface area contributed by atoms with Crippen molar-refractivity contribution in [2.75, 3.05) is 46.4 Å². The molecular weight excluding hydrogens is 312 g/mol. The second-order valence-corrected chi connectivity index (χ2v) is 4.74. The molecule has 6 heteroatoms. The van der Waals surface area contributed by atoms with Gasteiger partial charge in [0.15, 0.2) is 11.5 Å². The average molecular weight is 333 g/mol. The molecule has 0 aromatic carbocycles. The van der Waals surface area contributed by atoms with Gasteiger partial charge in [-0.05, 0) is 0 Å². The number of halogens is 1. The monoisotopic (exact) mass is 332 g/mol. The number of hydrogen-bond acceptors (Lipinski definition) is 5. The number of rotatable bonds is 9. The van der Waals surface area contributed by atoms with Crippen molar-refractivity contribution in [1.29, 1.82) is 0 Å². The van der Waals surface area contributed by atoms with E-state index in [1.165, 1.54) is 0 Å². The summed E-state index contributed by atoms with van der Waals surface area (Å²) in [5, 5.41) is 0.906. The van der Waals surface area contributed by atoms with E-state index >= 15 is 0 Å². The Hall–Kier alpha value is -0.850. The summed E-state index contributed by atoms with van der Waals surface area (Å²) in [6, 6.07) is 1.80. The van der Waals surface area contributed by atoms with Crippen molar-refractivity contribution in [3.05, 3.63) is 18.0 Å². The molecule has 1 heterocycles. The van der Waals surface area contributed by atoms with Crippen LogP contribution in [0, 0.1) is 0 Å². The standard InChI is InChI=1S/C13H21BrN2O3/c1-17-9-8-16(7-5-14)10-11-13(19-3)12(18-2)4-6-15-11/h4,6H,5,7-10H2,1-3H3. The van der Waals surface area contributed by atoms with Crippen LogP contribution in [-0.4, -0.2) is 56.2 Å². The molecule has 0 amide bonds. The van der Waals surface area contributed by atoms with Gasteiger partial charge in [0.2, 0.25) is 0 Å². The zero-order valence-corrected chi connectivity index (χ0v) is 13.3. The van der Waals surface area contributed by atoms with Gasteiger partial charge in [-0.15, -0.1) is 0 Å². The SMILES string of the molecule is COCCN(CCBr)Cc1nccc(OC)c1OC. The zero-order chi connectivity index (χ0) is 14.1. The predicted molar refractivity (Wildman–Crippen MR) is 78.3 cm³/mol. The summed E-state index contributed by atoms with van der Waals surface area (Å²) in [6.45, 7) is 3.17. The molecule has 0 unspecified atom stereocenters. The number of methoxy groups -OCH3 is 3. The summed E-state index contributed by atoms with van der Waals surface area (Å²) >= 11 is 3.46. The number of ether oxygens (including phenoxy) is 3. The molecule has 0 bridgehead atoms. The molecule has 0 atom stereocenters. The van der Waals surface area contributed by atoms with Gasteiger partial charge in [-0.1, -0.05) is 15.9 Å². The molecule has 19 heavy (non-hydrogen) atoms. The Kier molecular flexibility index (Phi) is 7.78. The van der Waals surface area contributed by atoms with E-state index in [9.17, 15) is 0 Å². The molecule has 1 aromatic rings. The maximum absolute atomic E-state index is 5.39. The van der Waals surface area contributed by atoms with E-state index in [-0.39, 0.29) is 0 Å². The third kappa shape index (κ3) is 4.97. The molecule has 0 radical (unpaired) electrons. The van der Waals surface area contributed by atoms with Gasteiger partial charge in [-0.3, -0.25) is 9.88 Å². The zero-order valence-electron chi connectivity index (χ0n) is 11.7. The smallest absolute Gasteiger partial charge is 0.183 e. The van der Waals surface area contributed by atoms with E-state index in [0.29, 0.717) is 24.7 Å². The molecule has 5 nitrogen and oxygen atoms in total. The highest BCUT2D eigenvalue weighted by atomic mass is 79.9. The molecule has 108 valence electrons. The summed E-state index contributed by atoms with van der Waals surface area (Å²) in [5.41, 5.74) is 0.874. The van der Waals surface area contributed by atoms with Crippen LogP contribution in [0.25, 0.3) is 0 Å².